The molecule has 4 nitrogen and oxygen atoms in total. The van der Waals surface area contributed by atoms with Gasteiger partial charge in [0.15, 0.2) is 0 Å². The molecule has 0 atom stereocenters. The molecule has 0 N–H and O–H groups in total. The average molecular weight is 279 g/mol. The van der Waals surface area contributed by atoms with Crippen LogP contribution in [0.1, 0.15) is 18.4 Å². The van der Waals surface area contributed by atoms with Crippen molar-refractivity contribution in [1.82, 2.24) is 9.88 Å². The van der Waals surface area contributed by atoms with Crippen molar-refractivity contribution < 1.29 is 0 Å². The standard InChI is InChI=1S/C14H19ClN4/c1-18(2)10-11-3-5-19(6-4-11)14-8-12(9-16)7-13(15)17-14/h7-8,11H,3-6,10H2,1-2H3. The average Bonchev–Trinajstić information content (AvgIpc) is 2.38. The Morgan fingerprint density at radius 1 is 1.42 bits per heavy atom. The number of piperidine rings is 1. The molecule has 1 fully saturated rings. The van der Waals surface area contributed by atoms with E-state index in [9.17, 15) is 0 Å². The maximum atomic E-state index is 8.97. The normalized spacial score (nSPS) is 16.7. The van der Waals surface area contributed by atoms with E-state index in [1.807, 2.05) is 6.07 Å². The molecule has 5 heteroatoms. The zero-order valence-electron chi connectivity index (χ0n) is 11.4. The predicted octanol–water partition coefficient (Wildman–Crippen LogP) is 2.38. The molecule has 0 spiro atoms. The molecule has 2 heterocycles. The molecule has 1 aliphatic heterocycles. The Kier molecular flexibility index (Phi) is 4.62. The van der Waals surface area contributed by atoms with Gasteiger partial charge >= 0.3 is 0 Å². The summed E-state index contributed by atoms with van der Waals surface area (Å²) < 4.78 is 0. The summed E-state index contributed by atoms with van der Waals surface area (Å²) in [6.45, 7) is 3.10. The van der Waals surface area contributed by atoms with Gasteiger partial charge in [-0.25, -0.2) is 4.98 Å². The first-order valence-electron chi connectivity index (χ1n) is 6.56. The second kappa shape index (κ2) is 6.23. The first-order valence-corrected chi connectivity index (χ1v) is 6.93. The van der Waals surface area contributed by atoms with Crippen LogP contribution in [0.4, 0.5) is 5.82 Å². The topological polar surface area (TPSA) is 43.2 Å². The summed E-state index contributed by atoms with van der Waals surface area (Å²) in [6.07, 6.45) is 2.32. The highest BCUT2D eigenvalue weighted by Crippen LogP contribution is 2.24. The number of anilines is 1. The second-order valence-electron chi connectivity index (χ2n) is 5.34. The molecule has 0 amide bonds. The number of nitriles is 1. The molecule has 1 saturated heterocycles. The SMILES string of the molecule is CN(C)CC1CCN(c2cc(C#N)cc(Cl)n2)CC1. The molecule has 2 rings (SSSR count). The molecule has 19 heavy (non-hydrogen) atoms. The van der Waals surface area contributed by atoms with Gasteiger partial charge < -0.3 is 9.80 Å². The molecule has 0 radical (unpaired) electrons. The van der Waals surface area contributed by atoms with Crippen LogP contribution >= 0.6 is 11.6 Å². The van der Waals surface area contributed by atoms with Crippen LogP contribution in [0, 0.1) is 17.2 Å². The molecule has 1 aliphatic rings. The second-order valence-corrected chi connectivity index (χ2v) is 5.73. The third-order valence-corrected chi connectivity index (χ3v) is 3.67. The fraction of sp³-hybridized carbons (Fsp3) is 0.571. The molecular formula is C14H19ClN4. The van der Waals surface area contributed by atoms with Crippen LogP contribution in [0.15, 0.2) is 12.1 Å². The third-order valence-electron chi connectivity index (χ3n) is 3.47. The van der Waals surface area contributed by atoms with Crippen LogP contribution in [0.5, 0.6) is 0 Å². The number of nitrogens with zero attached hydrogens (tertiary/aromatic N) is 4. The van der Waals surface area contributed by atoms with Gasteiger partial charge in [0.2, 0.25) is 0 Å². The number of hydrogen-bond acceptors (Lipinski definition) is 4. The van der Waals surface area contributed by atoms with Crippen molar-refractivity contribution in [3.8, 4) is 6.07 Å². The van der Waals surface area contributed by atoms with Crippen molar-refractivity contribution >= 4 is 17.4 Å². The summed E-state index contributed by atoms with van der Waals surface area (Å²) in [7, 11) is 4.23. The fourth-order valence-corrected chi connectivity index (χ4v) is 2.77. The van der Waals surface area contributed by atoms with Gasteiger partial charge in [-0.05, 0) is 45.0 Å². The monoisotopic (exact) mass is 278 g/mol. The summed E-state index contributed by atoms with van der Waals surface area (Å²) in [5.41, 5.74) is 0.574. The summed E-state index contributed by atoms with van der Waals surface area (Å²) >= 11 is 5.95. The van der Waals surface area contributed by atoms with Crippen LogP contribution in [-0.2, 0) is 0 Å². The molecule has 1 aromatic heterocycles. The number of halogens is 1. The van der Waals surface area contributed by atoms with E-state index >= 15 is 0 Å². The lowest BCUT2D eigenvalue weighted by atomic mass is 9.96. The van der Waals surface area contributed by atoms with E-state index < -0.39 is 0 Å². The number of pyridine rings is 1. The Hall–Kier alpha value is -1.31. The highest BCUT2D eigenvalue weighted by molar-refractivity contribution is 6.29. The Bertz CT molecular complexity index is 473. The maximum Gasteiger partial charge on any atom is 0.132 e. The Morgan fingerprint density at radius 3 is 2.68 bits per heavy atom. The van der Waals surface area contributed by atoms with Crippen LogP contribution in [0.2, 0.25) is 5.15 Å². The van der Waals surface area contributed by atoms with E-state index in [1.54, 1.807) is 6.07 Å². The first kappa shape index (κ1) is 14.1. The van der Waals surface area contributed by atoms with Crippen LogP contribution in [-0.4, -0.2) is 43.6 Å². The van der Waals surface area contributed by atoms with Crippen molar-refractivity contribution in [2.24, 2.45) is 5.92 Å². The minimum atomic E-state index is 0.393. The summed E-state index contributed by atoms with van der Waals surface area (Å²) in [6, 6.07) is 5.54. The Morgan fingerprint density at radius 2 is 2.11 bits per heavy atom. The van der Waals surface area contributed by atoms with Crippen molar-refractivity contribution in [1.29, 1.82) is 5.26 Å². The van der Waals surface area contributed by atoms with Crippen molar-refractivity contribution in [2.45, 2.75) is 12.8 Å². The van der Waals surface area contributed by atoms with Gasteiger partial charge in [0.25, 0.3) is 0 Å². The fourth-order valence-electron chi connectivity index (χ4n) is 2.57. The highest BCUT2D eigenvalue weighted by Gasteiger charge is 2.21. The molecule has 0 aromatic carbocycles. The summed E-state index contributed by atoms with van der Waals surface area (Å²) in [5.74, 6) is 1.58. The van der Waals surface area contributed by atoms with Gasteiger partial charge in [-0.1, -0.05) is 11.6 Å². The Labute approximate surface area is 119 Å². The number of aromatic nitrogens is 1. The van der Waals surface area contributed by atoms with E-state index in [0.717, 1.165) is 44.2 Å². The molecule has 1 aromatic rings. The lowest BCUT2D eigenvalue weighted by Crippen LogP contribution is -2.37. The maximum absolute atomic E-state index is 8.97. The van der Waals surface area contributed by atoms with Crippen LogP contribution in [0.25, 0.3) is 0 Å². The lowest BCUT2D eigenvalue weighted by molar-refractivity contribution is 0.284. The van der Waals surface area contributed by atoms with Crippen molar-refractivity contribution in [2.75, 3.05) is 38.6 Å². The zero-order chi connectivity index (χ0) is 13.8. The molecule has 0 bridgehead atoms. The van der Waals surface area contributed by atoms with Crippen LogP contribution in [0.3, 0.4) is 0 Å². The third kappa shape index (κ3) is 3.82. The molecule has 102 valence electrons. The molecular weight excluding hydrogens is 260 g/mol. The minimum Gasteiger partial charge on any atom is -0.357 e. The lowest BCUT2D eigenvalue weighted by Gasteiger charge is -2.34. The van der Waals surface area contributed by atoms with Gasteiger partial charge in [0.05, 0.1) is 11.6 Å². The van der Waals surface area contributed by atoms with Gasteiger partial charge in [0.1, 0.15) is 11.0 Å². The first-order chi connectivity index (χ1) is 9.08. The van der Waals surface area contributed by atoms with Gasteiger partial charge in [-0.3, -0.25) is 0 Å². The smallest absolute Gasteiger partial charge is 0.132 e. The Balaban J connectivity index is 2.02. The summed E-state index contributed by atoms with van der Waals surface area (Å²) in [4.78, 5) is 8.78. The largest absolute Gasteiger partial charge is 0.357 e. The van der Waals surface area contributed by atoms with E-state index in [2.05, 4.69) is 34.9 Å². The van der Waals surface area contributed by atoms with Gasteiger partial charge in [-0.15, -0.1) is 0 Å². The highest BCUT2D eigenvalue weighted by atomic mass is 35.5. The molecule has 0 aliphatic carbocycles. The summed E-state index contributed by atoms with van der Waals surface area (Å²) in [5, 5.41) is 9.36. The molecule has 0 saturated carbocycles. The number of hydrogen-bond donors (Lipinski definition) is 0. The van der Waals surface area contributed by atoms with Crippen LogP contribution < -0.4 is 4.90 Å². The van der Waals surface area contributed by atoms with Crippen molar-refractivity contribution in [3.05, 3.63) is 22.8 Å². The number of rotatable bonds is 3. The van der Waals surface area contributed by atoms with Gasteiger partial charge in [-0.2, -0.15) is 5.26 Å². The molecule has 0 unspecified atom stereocenters. The minimum absolute atomic E-state index is 0.393. The quantitative estimate of drug-likeness (QED) is 0.797. The van der Waals surface area contributed by atoms with E-state index in [-0.39, 0.29) is 0 Å². The zero-order valence-corrected chi connectivity index (χ0v) is 12.2. The predicted molar refractivity (Wildman–Crippen MR) is 77.5 cm³/mol. The van der Waals surface area contributed by atoms with Crippen molar-refractivity contribution in [3.63, 3.8) is 0 Å². The van der Waals surface area contributed by atoms with Gasteiger partial charge in [0, 0.05) is 19.6 Å². The van der Waals surface area contributed by atoms with E-state index in [4.69, 9.17) is 16.9 Å². The van der Waals surface area contributed by atoms with E-state index in [0.29, 0.717) is 10.7 Å². The van der Waals surface area contributed by atoms with E-state index in [1.165, 1.54) is 0 Å².